The first-order chi connectivity index (χ1) is 25.8. The van der Waals surface area contributed by atoms with Crippen LogP contribution in [0.25, 0.3) is 33.1 Å². The molecule has 8 aromatic carbocycles. The molecule has 3 heteroatoms. The zero-order valence-electron chi connectivity index (χ0n) is 28.3. The molecule has 1 aromatic heterocycles. The third-order valence-electron chi connectivity index (χ3n) is 11.0. The second-order valence-corrected chi connectivity index (χ2v) is 13.7. The molecule has 52 heavy (non-hydrogen) atoms. The summed E-state index contributed by atoms with van der Waals surface area (Å²) in [6, 6.07) is 70.3. The van der Waals surface area contributed by atoms with Crippen molar-refractivity contribution in [3.05, 3.63) is 216 Å². The van der Waals surface area contributed by atoms with Crippen molar-refractivity contribution in [3.63, 3.8) is 0 Å². The highest BCUT2D eigenvalue weighted by molar-refractivity contribution is 6.07. The zero-order chi connectivity index (χ0) is 34.2. The molecule has 0 radical (unpaired) electrons. The van der Waals surface area contributed by atoms with Crippen LogP contribution in [0.15, 0.2) is 199 Å². The number of hydrogen-bond donors (Lipinski definition) is 0. The molecule has 0 bridgehead atoms. The van der Waals surface area contributed by atoms with Crippen LogP contribution in [-0.2, 0) is 5.41 Å². The average molecular weight is 665 g/mol. The topological polar surface area (TPSA) is 19.6 Å². The van der Waals surface area contributed by atoms with Crippen LogP contribution in [0.4, 0.5) is 34.1 Å². The lowest BCUT2D eigenvalue weighted by molar-refractivity contribution is 0.669. The van der Waals surface area contributed by atoms with Crippen molar-refractivity contribution < 1.29 is 4.42 Å². The molecule has 0 saturated heterocycles. The summed E-state index contributed by atoms with van der Waals surface area (Å²) >= 11 is 0. The van der Waals surface area contributed by atoms with Gasteiger partial charge in [-0.15, -0.1) is 0 Å². The first kappa shape index (κ1) is 28.9. The fraction of sp³-hybridized carbons (Fsp3) is 0.0204. The highest BCUT2D eigenvalue weighted by atomic mass is 16.3. The van der Waals surface area contributed by atoms with Crippen molar-refractivity contribution in [2.45, 2.75) is 5.41 Å². The number of benzene rings is 8. The third kappa shape index (κ3) is 3.96. The van der Waals surface area contributed by atoms with Crippen molar-refractivity contribution in [3.8, 4) is 11.1 Å². The Morgan fingerprint density at radius 2 is 1.08 bits per heavy atom. The Kier molecular flexibility index (Phi) is 6.17. The number of fused-ring (bicyclic) bond motifs is 8. The Labute approximate surface area is 302 Å². The second-order valence-electron chi connectivity index (χ2n) is 13.7. The van der Waals surface area contributed by atoms with E-state index in [2.05, 4.69) is 192 Å². The van der Waals surface area contributed by atoms with Crippen LogP contribution in [0, 0.1) is 0 Å². The van der Waals surface area contributed by atoms with Crippen LogP contribution < -0.4 is 9.80 Å². The number of hydrogen-bond acceptors (Lipinski definition) is 3. The summed E-state index contributed by atoms with van der Waals surface area (Å²) in [4.78, 5) is 4.83. The Hall–Kier alpha value is -6.84. The maximum Gasteiger partial charge on any atom is 0.135 e. The fourth-order valence-electron chi connectivity index (χ4n) is 8.97. The summed E-state index contributed by atoms with van der Waals surface area (Å²) in [7, 11) is 0. The molecular weight excluding hydrogens is 633 g/mol. The summed E-state index contributed by atoms with van der Waals surface area (Å²) in [6.07, 6.45) is 0. The summed E-state index contributed by atoms with van der Waals surface area (Å²) in [5.41, 5.74) is 15.8. The van der Waals surface area contributed by atoms with E-state index in [1.807, 2.05) is 12.1 Å². The lowest BCUT2D eigenvalue weighted by Crippen LogP contribution is -2.36. The monoisotopic (exact) mass is 664 g/mol. The molecule has 0 N–H and O–H groups in total. The van der Waals surface area contributed by atoms with Gasteiger partial charge in [-0.1, -0.05) is 121 Å². The van der Waals surface area contributed by atoms with Crippen molar-refractivity contribution in [1.29, 1.82) is 0 Å². The Morgan fingerprint density at radius 3 is 1.92 bits per heavy atom. The van der Waals surface area contributed by atoms with Gasteiger partial charge in [0.2, 0.25) is 0 Å². The summed E-state index contributed by atoms with van der Waals surface area (Å²) in [5, 5.41) is 2.23. The van der Waals surface area contributed by atoms with E-state index in [0.29, 0.717) is 0 Å². The molecule has 3 nitrogen and oxygen atoms in total. The third-order valence-corrected chi connectivity index (χ3v) is 11.0. The van der Waals surface area contributed by atoms with Crippen LogP contribution in [0.1, 0.15) is 22.3 Å². The van der Waals surface area contributed by atoms with Gasteiger partial charge in [-0.05, 0) is 101 Å². The lowest BCUT2D eigenvalue weighted by Gasteiger charge is -2.44. The van der Waals surface area contributed by atoms with Gasteiger partial charge >= 0.3 is 0 Å². The molecule has 2 aliphatic rings. The standard InChI is InChI=1S/C49H32N2O/c1-4-15-33(16-5-1)49-42-23-11-12-24-44(42)51(35-19-8-3-9-20-35)45-25-14-22-40(48(45)49)38-29-27-37(32-43(38)49)50(34-17-6-2-7-18-34)36-28-30-47-41(31-36)39-21-10-13-26-46(39)52-47/h1-32H. The number of anilines is 6. The fourth-order valence-corrected chi connectivity index (χ4v) is 8.97. The SMILES string of the molecule is c1ccc(N(c2ccc3c(c2)C2(c4ccccc4)c4ccccc4N(c4ccccc4)c4cccc-3c42)c2ccc3oc4ccccc4c3c2)cc1. The summed E-state index contributed by atoms with van der Waals surface area (Å²) in [5.74, 6) is 0. The first-order valence-corrected chi connectivity index (χ1v) is 17.9. The number of para-hydroxylation sites is 4. The molecular formula is C49H32N2O. The normalized spacial score (nSPS) is 15.3. The van der Waals surface area contributed by atoms with Gasteiger partial charge in [0.05, 0.1) is 16.8 Å². The highest BCUT2D eigenvalue weighted by Crippen LogP contribution is 2.65. The molecule has 1 atom stereocenters. The van der Waals surface area contributed by atoms with Crippen molar-refractivity contribution in [1.82, 2.24) is 0 Å². The first-order valence-electron chi connectivity index (χ1n) is 17.9. The highest BCUT2D eigenvalue weighted by Gasteiger charge is 2.52. The predicted octanol–water partition coefficient (Wildman–Crippen LogP) is 13.2. The molecule has 0 fully saturated rings. The van der Waals surface area contributed by atoms with Gasteiger partial charge in [0, 0.05) is 39.1 Å². The van der Waals surface area contributed by atoms with E-state index in [9.17, 15) is 0 Å². The van der Waals surface area contributed by atoms with E-state index < -0.39 is 5.41 Å². The summed E-state index contributed by atoms with van der Waals surface area (Å²) < 4.78 is 6.25. The molecule has 244 valence electrons. The number of rotatable bonds is 5. The average Bonchev–Trinajstić information content (AvgIpc) is 3.74. The van der Waals surface area contributed by atoms with Gasteiger partial charge in [-0.3, -0.25) is 0 Å². The molecule has 0 spiro atoms. The van der Waals surface area contributed by atoms with Crippen LogP contribution in [0.5, 0.6) is 0 Å². The van der Waals surface area contributed by atoms with Crippen molar-refractivity contribution >= 4 is 56.1 Å². The van der Waals surface area contributed by atoms with Crippen molar-refractivity contribution in [2.24, 2.45) is 0 Å². The smallest absolute Gasteiger partial charge is 0.135 e. The maximum absolute atomic E-state index is 6.25. The molecule has 2 heterocycles. The maximum atomic E-state index is 6.25. The molecule has 1 aliphatic heterocycles. The Bertz CT molecular complexity index is 2810. The van der Waals surface area contributed by atoms with E-state index in [-0.39, 0.29) is 0 Å². The van der Waals surface area contributed by atoms with E-state index in [1.165, 1.54) is 44.8 Å². The predicted molar refractivity (Wildman–Crippen MR) is 214 cm³/mol. The van der Waals surface area contributed by atoms with Crippen LogP contribution >= 0.6 is 0 Å². The molecule has 1 aliphatic carbocycles. The minimum atomic E-state index is -0.534. The van der Waals surface area contributed by atoms with E-state index in [0.717, 1.165) is 44.7 Å². The Morgan fingerprint density at radius 1 is 0.423 bits per heavy atom. The molecule has 1 unspecified atom stereocenters. The number of furan rings is 1. The van der Waals surface area contributed by atoms with Gasteiger partial charge in [0.1, 0.15) is 11.2 Å². The molecule has 9 aromatic rings. The van der Waals surface area contributed by atoms with Gasteiger partial charge in [-0.2, -0.15) is 0 Å². The zero-order valence-corrected chi connectivity index (χ0v) is 28.3. The lowest BCUT2D eigenvalue weighted by atomic mass is 9.65. The quantitative estimate of drug-likeness (QED) is 0.183. The minimum Gasteiger partial charge on any atom is -0.456 e. The Balaban J connectivity index is 1.20. The van der Waals surface area contributed by atoms with Crippen LogP contribution in [0.2, 0.25) is 0 Å². The molecule has 11 rings (SSSR count). The molecule has 0 amide bonds. The molecule has 0 saturated carbocycles. The van der Waals surface area contributed by atoms with Crippen LogP contribution in [-0.4, -0.2) is 0 Å². The van der Waals surface area contributed by atoms with Gasteiger partial charge < -0.3 is 14.2 Å². The summed E-state index contributed by atoms with van der Waals surface area (Å²) in [6.45, 7) is 0. The van der Waals surface area contributed by atoms with Gasteiger partial charge in [-0.25, -0.2) is 0 Å². The van der Waals surface area contributed by atoms with Gasteiger partial charge in [0.25, 0.3) is 0 Å². The van der Waals surface area contributed by atoms with Crippen LogP contribution in [0.3, 0.4) is 0 Å². The van der Waals surface area contributed by atoms with E-state index >= 15 is 0 Å². The van der Waals surface area contributed by atoms with Gasteiger partial charge in [0.15, 0.2) is 0 Å². The second kappa shape index (κ2) is 11.1. The van der Waals surface area contributed by atoms with E-state index in [1.54, 1.807) is 0 Å². The van der Waals surface area contributed by atoms with Crippen molar-refractivity contribution in [2.75, 3.05) is 9.80 Å². The minimum absolute atomic E-state index is 0.534. The van der Waals surface area contributed by atoms with E-state index in [4.69, 9.17) is 4.42 Å². The largest absolute Gasteiger partial charge is 0.456 e. The number of nitrogens with zero attached hydrogens (tertiary/aromatic N) is 2.